The van der Waals surface area contributed by atoms with Crippen molar-refractivity contribution in [3.8, 4) is 11.5 Å². The summed E-state index contributed by atoms with van der Waals surface area (Å²) < 4.78 is 0. The first kappa shape index (κ1) is 20.3. The second kappa shape index (κ2) is 11.0. The monoisotopic (exact) mass is 334 g/mol. The fourth-order valence-electron chi connectivity index (χ4n) is 2.74. The Hall–Kier alpha value is -0.686. The molecule has 0 bridgehead atoms. The minimum absolute atomic E-state index is 0. The van der Waals surface area contributed by atoms with Crippen LogP contribution < -0.4 is 10.2 Å². The molecule has 1 aromatic rings. The van der Waals surface area contributed by atoms with Crippen LogP contribution in [-0.2, 0) is 35.8 Å². The van der Waals surface area contributed by atoms with Gasteiger partial charge in [0.2, 0.25) is 0 Å². The van der Waals surface area contributed by atoms with Gasteiger partial charge in [-0.2, -0.15) is 0 Å². The third-order valence-corrected chi connectivity index (χ3v) is 3.83. The van der Waals surface area contributed by atoms with E-state index in [0.717, 1.165) is 61.6 Å². The summed E-state index contributed by atoms with van der Waals surface area (Å²) in [6.07, 6.45) is 8.89. The second-order valence-electron chi connectivity index (χ2n) is 5.64. The molecule has 0 aliphatic rings. The molecule has 0 unspecified atom stereocenters. The minimum Gasteiger partial charge on any atom is -0.873 e. The van der Waals surface area contributed by atoms with Gasteiger partial charge >= 0.3 is 16.5 Å². The van der Waals surface area contributed by atoms with Crippen molar-refractivity contribution >= 4 is 0 Å². The number of hydrogen-bond donors (Lipinski definition) is 0. The van der Waals surface area contributed by atoms with E-state index in [1.165, 1.54) is 12.8 Å². The quantitative estimate of drug-likeness (QED) is 0.508. The van der Waals surface area contributed by atoms with Crippen LogP contribution in [0.5, 0.6) is 11.5 Å². The predicted molar refractivity (Wildman–Crippen MR) is 81.2 cm³/mol. The zero-order valence-electron chi connectivity index (χ0n) is 13.6. The molecule has 0 atom stereocenters. The van der Waals surface area contributed by atoms with Crippen LogP contribution >= 0.6 is 0 Å². The van der Waals surface area contributed by atoms with E-state index in [-0.39, 0.29) is 28.0 Å². The molecule has 1 aromatic carbocycles. The number of rotatable bonds is 9. The Bertz CT molecular complexity index is 416. The van der Waals surface area contributed by atoms with Gasteiger partial charge in [-0.15, -0.1) is 11.5 Å². The molecular weight excluding hydrogens is 307 g/mol. The molecule has 0 radical (unpaired) electrons. The summed E-state index contributed by atoms with van der Waals surface area (Å²) in [5, 5.41) is 24.4. The Kier molecular flexibility index (Phi) is 10.6. The van der Waals surface area contributed by atoms with Crippen LogP contribution in [0.1, 0.15) is 76.0 Å². The maximum absolute atomic E-state index is 12.3. The third-order valence-electron chi connectivity index (χ3n) is 3.83. The van der Waals surface area contributed by atoms with Crippen molar-refractivity contribution in [1.29, 1.82) is 0 Å². The summed E-state index contributed by atoms with van der Waals surface area (Å²) in [5.74, 6) is -0.479. The van der Waals surface area contributed by atoms with E-state index in [1.54, 1.807) is 0 Å². The van der Waals surface area contributed by atoms with E-state index in [4.69, 9.17) is 0 Å². The van der Waals surface area contributed by atoms with Crippen molar-refractivity contribution in [2.24, 2.45) is 0 Å². The smallest absolute Gasteiger partial charge is 0.873 e. The molecule has 0 saturated carbocycles. The molecule has 0 heterocycles. The van der Waals surface area contributed by atoms with Gasteiger partial charge in [-0.25, -0.2) is 0 Å². The van der Waals surface area contributed by atoms with Crippen molar-refractivity contribution in [3.05, 3.63) is 22.8 Å². The molecule has 21 heavy (non-hydrogen) atoms. The molecule has 0 N–H and O–H groups in total. The molecule has 122 valence electrons. The Morgan fingerprint density at radius 1 is 0.714 bits per heavy atom. The summed E-state index contributed by atoms with van der Waals surface area (Å²) >= 11 is 0. The fourth-order valence-corrected chi connectivity index (χ4v) is 2.74. The van der Waals surface area contributed by atoms with Crippen LogP contribution in [0.15, 0.2) is 6.07 Å². The van der Waals surface area contributed by atoms with Crippen LogP contribution in [0, 0.1) is 0 Å². The van der Waals surface area contributed by atoms with Gasteiger partial charge < -0.3 is 10.2 Å². The van der Waals surface area contributed by atoms with E-state index < -0.39 is 0 Å². The molecule has 0 saturated heterocycles. The van der Waals surface area contributed by atoms with Gasteiger partial charge in [0.1, 0.15) is 0 Å². The average molecular weight is 335 g/mol. The van der Waals surface area contributed by atoms with E-state index in [1.807, 2.05) is 6.07 Å². The predicted octanol–water partition coefficient (Wildman–Crippen LogP) is 3.86. The van der Waals surface area contributed by atoms with Crippen LogP contribution in [0.25, 0.3) is 0 Å². The van der Waals surface area contributed by atoms with Gasteiger partial charge in [0.15, 0.2) is 0 Å². The molecule has 0 aliphatic carbocycles. The number of hydrogen-bond acceptors (Lipinski definition) is 2. The minimum atomic E-state index is -0.246. The van der Waals surface area contributed by atoms with Gasteiger partial charge in [0.05, 0.1) is 0 Å². The fraction of sp³-hybridized carbons (Fsp3) is 0.667. The molecule has 0 aromatic heterocycles. The van der Waals surface area contributed by atoms with Crippen LogP contribution in [0.2, 0.25) is 0 Å². The average Bonchev–Trinajstić information content (AvgIpc) is 2.44. The summed E-state index contributed by atoms with van der Waals surface area (Å²) in [6.45, 7) is 6.35. The molecule has 0 spiro atoms. The van der Waals surface area contributed by atoms with Gasteiger partial charge in [-0.3, -0.25) is 0 Å². The van der Waals surface area contributed by atoms with E-state index in [2.05, 4.69) is 20.8 Å². The maximum Gasteiger partial charge on any atom is 2.00 e. The SMILES string of the molecule is CCCCCCc1cc(CCC)c(CCC)c([O-])c1[O-].[Ni+2]. The second-order valence-corrected chi connectivity index (χ2v) is 5.64. The number of benzene rings is 1. The molecule has 0 aliphatic heterocycles. The van der Waals surface area contributed by atoms with Gasteiger partial charge in [-0.1, -0.05) is 70.1 Å². The van der Waals surface area contributed by atoms with Crippen molar-refractivity contribution in [2.75, 3.05) is 0 Å². The normalized spacial score (nSPS) is 10.4. The Morgan fingerprint density at radius 2 is 1.38 bits per heavy atom. The molecule has 3 heteroatoms. The standard InChI is InChI=1S/C18H30O2.Ni/c1-4-7-8-9-12-15-13-14(10-5-2)16(11-6-3)18(20)17(15)19;/h13,19-20H,4-12H2,1-3H3;/q;+2/p-2. The summed E-state index contributed by atoms with van der Waals surface area (Å²) in [4.78, 5) is 0. The molecular formula is C18H28NiO2. The van der Waals surface area contributed by atoms with Crippen molar-refractivity contribution in [3.63, 3.8) is 0 Å². The molecule has 0 amide bonds. The first-order chi connectivity index (χ1) is 9.65. The van der Waals surface area contributed by atoms with Crippen LogP contribution in [-0.4, -0.2) is 0 Å². The summed E-state index contributed by atoms with van der Waals surface area (Å²) in [7, 11) is 0. The molecule has 1 rings (SSSR count). The van der Waals surface area contributed by atoms with Crippen molar-refractivity contribution in [2.45, 2.75) is 78.6 Å². The Balaban J connectivity index is 0.00000400. The van der Waals surface area contributed by atoms with Gasteiger partial charge in [0, 0.05) is 0 Å². The zero-order chi connectivity index (χ0) is 15.0. The topological polar surface area (TPSA) is 46.1 Å². The van der Waals surface area contributed by atoms with Crippen LogP contribution in [0.4, 0.5) is 0 Å². The van der Waals surface area contributed by atoms with E-state index in [9.17, 15) is 10.2 Å². The van der Waals surface area contributed by atoms with Crippen LogP contribution in [0.3, 0.4) is 0 Å². The molecule has 2 nitrogen and oxygen atoms in total. The largest absolute Gasteiger partial charge is 2.00 e. The number of unbranched alkanes of at least 4 members (excludes halogenated alkanes) is 3. The zero-order valence-corrected chi connectivity index (χ0v) is 14.6. The maximum atomic E-state index is 12.3. The first-order valence-electron chi connectivity index (χ1n) is 8.17. The summed E-state index contributed by atoms with van der Waals surface area (Å²) in [6, 6.07) is 2.02. The first-order valence-corrected chi connectivity index (χ1v) is 8.17. The molecule has 0 fully saturated rings. The Labute approximate surface area is 139 Å². The van der Waals surface area contributed by atoms with E-state index >= 15 is 0 Å². The number of aryl methyl sites for hydroxylation is 2. The third kappa shape index (κ3) is 5.90. The van der Waals surface area contributed by atoms with Crippen molar-refractivity contribution < 1.29 is 26.7 Å². The Morgan fingerprint density at radius 3 is 1.95 bits per heavy atom. The van der Waals surface area contributed by atoms with Gasteiger partial charge in [-0.05, 0) is 31.2 Å². The summed E-state index contributed by atoms with van der Waals surface area (Å²) in [5.41, 5.74) is 2.63. The van der Waals surface area contributed by atoms with Gasteiger partial charge in [0.25, 0.3) is 0 Å². The van der Waals surface area contributed by atoms with E-state index in [0.29, 0.717) is 0 Å². The van der Waals surface area contributed by atoms with Crippen molar-refractivity contribution in [1.82, 2.24) is 0 Å².